The van der Waals surface area contributed by atoms with E-state index in [9.17, 15) is 0 Å². The Morgan fingerprint density at radius 2 is 1.90 bits per heavy atom. The smallest absolute Gasteiger partial charge is 0.134 e. The number of hydrogen-bond acceptors (Lipinski definition) is 3. The SMILES string of the molecule is Cc1c(NCCCCCN)ccc(-c2ccco2)c1C. The number of anilines is 1. The third-order valence-corrected chi connectivity index (χ3v) is 3.77. The van der Waals surface area contributed by atoms with Gasteiger partial charge in [-0.3, -0.25) is 0 Å². The number of nitrogens with two attached hydrogens (primary N) is 1. The third-order valence-electron chi connectivity index (χ3n) is 3.77. The average molecular weight is 272 g/mol. The Morgan fingerprint density at radius 1 is 1.05 bits per heavy atom. The predicted molar refractivity (Wildman–Crippen MR) is 85.0 cm³/mol. The molecule has 0 bridgehead atoms. The van der Waals surface area contributed by atoms with Crippen LogP contribution in [-0.2, 0) is 0 Å². The van der Waals surface area contributed by atoms with Gasteiger partial charge in [-0.1, -0.05) is 6.42 Å². The molecule has 0 aliphatic heterocycles. The molecule has 0 amide bonds. The summed E-state index contributed by atoms with van der Waals surface area (Å²) in [5.74, 6) is 0.931. The molecule has 1 aromatic heterocycles. The summed E-state index contributed by atoms with van der Waals surface area (Å²) in [4.78, 5) is 0. The monoisotopic (exact) mass is 272 g/mol. The standard InChI is InChI=1S/C17H24N2O/c1-13-14(2)16(19-11-5-3-4-10-18)9-8-15(13)17-7-6-12-20-17/h6-9,12,19H,3-5,10-11,18H2,1-2H3. The van der Waals surface area contributed by atoms with Crippen molar-refractivity contribution in [3.8, 4) is 11.3 Å². The Kier molecular flexibility index (Phi) is 5.24. The van der Waals surface area contributed by atoms with E-state index in [2.05, 4.69) is 31.3 Å². The first-order valence-electron chi connectivity index (χ1n) is 7.32. The quantitative estimate of drug-likeness (QED) is 0.746. The van der Waals surface area contributed by atoms with Gasteiger partial charge in [0.15, 0.2) is 0 Å². The number of rotatable bonds is 7. The summed E-state index contributed by atoms with van der Waals surface area (Å²) >= 11 is 0. The van der Waals surface area contributed by atoms with Gasteiger partial charge in [-0.15, -0.1) is 0 Å². The highest BCUT2D eigenvalue weighted by molar-refractivity contribution is 5.69. The number of nitrogens with one attached hydrogen (secondary N) is 1. The van der Waals surface area contributed by atoms with Gasteiger partial charge in [0.2, 0.25) is 0 Å². The first-order chi connectivity index (χ1) is 9.74. The van der Waals surface area contributed by atoms with Crippen molar-refractivity contribution in [3.05, 3.63) is 41.7 Å². The predicted octanol–water partition coefficient (Wildman–Crippen LogP) is 4.10. The first kappa shape index (κ1) is 14.7. The second-order valence-corrected chi connectivity index (χ2v) is 5.16. The second-order valence-electron chi connectivity index (χ2n) is 5.16. The molecule has 3 nitrogen and oxygen atoms in total. The van der Waals surface area contributed by atoms with Gasteiger partial charge in [0.25, 0.3) is 0 Å². The Balaban J connectivity index is 2.03. The molecular weight excluding hydrogens is 248 g/mol. The van der Waals surface area contributed by atoms with Crippen LogP contribution >= 0.6 is 0 Å². The zero-order chi connectivity index (χ0) is 14.4. The maximum Gasteiger partial charge on any atom is 0.134 e. The van der Waals surface area contributed by atoms with Crippen LogP contribution in [0.2, 0.25) is 0 Å². The van der Waals surface area contributed by atoms with Crippen LogP contribution in [0.5, 0.6) is 0 Å². The normalized spacial score (nSPS) is 10.8. The van der Waals surface area contributed by atoms with Crippen molar-refractivity contribution in [2.75, 3.05) is 18.4 Å². The van der Waals surface area contributed by atoms with E-state index >= 15 is 0 Å². The lowest BCUT2D eigenvalue weighted by Gasteiger charge is -2.14. The minimum absolute atomic E-state index is 0.788. The fourth-order valence-electron chi connectivity index (χ4n) is 2.38. The van der Waals surface area contributed by atoms with Crippen LogP contribution in [0.1, 0.15) is 30.4 Å². The Hall–Kier alpha value is -1.74. The number of hydrogen-bond donors (Lipinski definition) is 2. The van der Waals surface area contributed by atoms with Gasteiger partial charge >= 0.3 is 0 Å². The summed E-state index contributed by atoms with van der Waals surface area (Å²) in [5, 5.41) is 3.51. The Bertz CT molecular complexity index is 532. The molecule has 1 aromatic carbocycles. The summed E-state index contributed by atoms with van der Waals surface area (Å²) in [6.07, 6.45) is 5.17. The summed E-state index contributed by atoms with van der Waals surface area (Å²) in [6, 6.07) is 8.20. The molecule has 2 rings (SSSR count). The third kappa shape index (κ3) is 3.42. The minimum Gasteiger partial charge on any atom is -0.464 e. The summed E-state index contributed by atoms with van der Waals surface area (Å²) in [7, 11) is 0. The van der Waals surface area contributed by atoms with E-state index in [0.29, 0.717) is 0 Å². The van der Waals surface area contributed by atoms with Gasteiger partial charge in [-0.05, 0) is 68.6 Å². The van der Waals surface area contributed by atoms with Crippen molar-refractivity contribution in [3.63, 3.8) is 0 Å². The fourth-order valence-corrected chi connectivity index (χ4v) is 2.38. The summed E-state index contributed by atoms with van der Waals surface area (Å²) in [5.41, 5.74) is 10.4. The van der Waals surface area contributed by atoms with Crippen LogP contribution in [0, 0.1) is 13.8 Å². The lowest BCUT2D eigenvalue weighted by Crippen LogP contribution is -2.05. The Morgan fingerprint density at radius 3 is 2.60 bits per heavy atom. The highest BCUT2D eigenvalue weighted by atomic mass is 16.3. The maximum atomic E-state index is 5.50. The molecular formula is C17H24N2O. The summed E-state index contributed by atoms with van der Waals surface area (Å²) in [6.45, 7) is 6.09. The van der Waals surface area contributed by atoms with Crippen LogP contribution in [0.3, 0.4) is 0 Å². The van der Waals surface area contributed by atoms with E-state index < -0.39 is 0 Å². The minimum atomic E-state index is 0.788. The molecule has 3 heteroatoms. The van der Waals surface area contributed by atoms with Gasteiger partial charge in [0.05, 0.1) is 6.26 Å². The van der Waals surface area contributed by atoms with Crippen LogP contribution < -0.4 is 11.1 Å². The van der Waals surface area contributed by atoms with Crippen molar-refractivity contribution >= 4 is 5.69 Å². The fraction of sp³-hybridized carbons (Fsp3) is 0.412. The highest BCUT2D eigenvalue weighted by Crippen LogP contribution is 2.30. The van der Waals surface area contributed by atoms with Gasteiger partial charge < -0.3 is 15.5 Å². The number of unbranched alkanes of at least 4 members (excludes halogenated alkanes) is 2. The van der Waals surface area contributed by atoms with E-state index in [1.54, 1.807) is 6.26 Å². The maximum absolute atomic E-state index is 5.50. The van der Waals surface area contributed by atoms with Crippen LogP contribution in [0.4, 0.5) is 5.69 Å². The second kappa shape index (κ2) is 7.15. The lowest BCUT2D eigenvalue weighted by atomic mass is 9.99. The average Bonchev–Trinajstić information content (AvgIpc) is 2.97. The van der Waals surface area contributed by atoms with Gasteiger partial charge in [-0.25, -0.2) is 0 Å². The molecule has 3 N–H and O–H groups in total. The highest BCUT2D eigenvalue weighted by Gasteiger charge is 2.09. The first-order valence-corrected chi connectivity index (χ1v) is 7.32. The molecule has 0 unspecified atom stereocenters. The van der Waals surface area contributed by atoms with Crippen LogP contribution in [0.25, 0.3) is 11.3 Å². The number of benzene rings is 1. The van der Waals surface area contributed by atoms with E-state index in [0.717, 1.165) is 31.7 Å². The molecule has 0 saturated heterocycles. The number of furan rings is 1. The molecule has 0 spiro atoms. The molecule has 1 heterocycles. The molecule has 0 radical (unpaired) electrons. The molecule has 0 aliphatic carbocycles. The topological polar surface area (TPSA) is 51.2 Å². The molecule has 0 aliphatic rings. The van der Waals surface area contributed by atoms with Gasteiger partial charge in [0, 0.05) is 17.8 Å². The van der Waals surface area contributed by atoms with Crippen LogP contribution in [0.15, 0.2) is 34.9 Å². The summed E-state index contributed by atoms with van der Waals surface area (Å²) < 4.78 is 5.49. The van der Waals surface area contributed by atoms with Crippen molar-refractivity contribution in [1.29, 1.82) is 0 Å². The van der Waals surface area contributed by atoms with Gasteiger partial charge in [0.1, 0.15) is 5.76 Å². The molecule has 2 aromatic rings. The van der Waals surface area contributed by atoms with E-state index in [1.165, 1.54) is 28.8 Å². The van der Waals surface area contributed by atoms with E-state index in [1.807, 2.05) is 12.1 Å². The van der Waals surface area contributed by atoms with Crippen molar-refractivity contribution in [1.82, 2.24) is 0 Å². The molecule has 0 atom stereocenters. The van der Waals surface area contributed by atoms with Crippen molar-refractivity contribution in [2.24, 2.45) is 5.73 Å². The van der Waals surface area contributed by atoms with Crippen molar-refractivity contribution in [2.45, 2.75) is 33.1 Å². The Labute approximate surface area is 121 Å². The van der Waals surface area contributed by atoms with Crippen molar-refractivity contribution < 1.29 is 4.42 Å². The van der Waals surface area contributed by atoms with Crippen LogP contribution in [-0.4, -0.2) is 13.1 Å². The zero-order valence-electron chi connectivity index (χ0n) is 12.4. The molecule has 108 valence electrons. The zero-order valence-corrected chi connectivity index (χ0v) is 12.4. The molecule has 0 saturated carbocycles. The van der Waals surface area contributed by atoms with E-state index in [-0.39, 0.29) is 0 Å². The molecule has 20 heavy (non-hydrogen) atoms. The lowest BCUT2D eigenvalue weighted by molar-refractivity contribution is 0.582. The van der Waals surface area contributed by atoms with Gasteiger partial charge in [-0.2, -0.15) is 0 Å². The largest absolute Gasteiger partial charge is 0.464 e. The van der Waals surface area contributed by atoms with E-state index in [4.69, 9.17) is 10.2 Å². The molecule has 0 fully saturated rings.